The van der Waals surface area contributed by atoms with E-state index in [-0.39, 0.29) is 10.7 Å². The third-order valence-electron chi connectivity index (χ3n) is 2.14. The SMILES string of the molecule is CC(=O)/C=C(\C)Nc1ccc(S(=O)(=O)N=C(N)N)cc1. The van der Waals surface area contributed by atoms with Gasteiger partial charge < -0.3 is 16.8 Å². The van der Waals surface area contributed by atoms with Gasteiger partial charge in [0.05, 0.1) is 4.90 Å². The van der Waals surface area contributed by atoms with Crippen LogP contribution in [-0.2, 0) is 14.8 Å². The molecule has 0 spiro atoms. The Kier molecular flexibility index (Phi) is 4.87. The lowest BCUT2D eigenvalue weighted by Gasteiger charge is -2.06. The number of nitrogens with zero attached hydrogens (tertiary/aromatic N) is 1. The van der Waals surface area contributed by atoms with E-state index in [0.717, 1.165) is 0 Å². The van der Waals surface area contributed by atoms with E-state index in [1.165, 1.54) is 25.1 Å². The normalized spacial score (nSPS) is 11.8. The smallest absolute Gasteiger partial charge is 0.285 e. The van der Waals surface area contributed by atoms with E-state index in [4.69, 9.17) is 11.5 Å². The second-order valence-electron chi connectivity index (χ2n) is 4.08. The van der Waals surface area contributed by atoms with Crippen molar-refractivity contribution >= 4 is 27.5 Å². The van der Waals surface area contributed by atoms with Crippen LogP contribution in [-0.4, -0.2) is 20.2 Å². The van der Waals surface area contributed by atoms with Crippen LogP contribution in [0.2, 0.25) is 0 Å². The number of rotatable bonds is 5. The van der Waals surface area contributed by atoms with E-state index < -0.39 is 16.0 Å². The maximum atomic E-state index is 11.7. The topological polar surface area (TPSA) is 128 Å². The summed E-state index contributed by atoms with van der Waals surface area (Å²) in [6.45, 7) is 3.17. The Morgan fingerprint density at radius 2 is 1.75 bits per heavy atom. The molecule has 0 aliphatic heterocycles. The number of anilines is 1. The summed E-state index contributed by atoms with van der Waals surface area (Å²) >= 11 is 0. The zero-order chi connectivity index (χ0) is 15.3. The first kappa shape index (κ1) is 15.7. The fourth-order valence-corrected chi connectivity index (χ4v) is 2.33. The van der Waals surface area contributed by atoms with Crippen molar-refractivity contribution in [3.8, 4) is 0 Å². The molecule has 0 unspecified atom stereocenters. The molecule has 0 radical (unpaired) electrons. The predicted octanol–water partition coefficient (Wildman–Crippen LogP) is 0.553. The molecular formula is C12H16N4O3S. The third-order valence-corrected chi connectivity index (χ3v) is 3.46. The van der Waals surface area contributed by atoms with Crippen molar-refractivity contribution in [2.75, 3.05) is 5.32 Å². The Balaban J connectivity index is 2.96. The minimum absolute atomic E-state index is 0.0235. The molecule has 20 heavy (non-hydrogen) atoms. The van der Waals surface area contributed by atoms with Crippen molar-refractivity contribution < 1.29 is 13.2 Å². The summed E-state index contributed by atoms with van der Waals surface area (Å²) in [6.07, 6.45) is 1.43. The summed E-state index contributed by atoms with van der Waals surface area (Å²) in [5.74, 6) is -0.602. The molecule has 0 aromatic heterocycles. The molecule has 0 atom stereocenters. The second-order valence-corrected chi connectivity index (χ2v) is 5.68. The van der Waals surface area contributed by atoms with Crippen LogP contribution >= 0.6 is 0 Å². The first-order valence-corrected chi connectivity index (χ1v) is 7.06. The van der Waals surface area contributed by atoms with Crippen LogP contribution in [0.4, 0.5) is 5.69 Å². The first-order chi connectivity index (χ1) is 9.20. The monoisotopic (exact) mass is 296 g/mol. The number of benzene rings is 1. The summed E-state index contributed by atoms with van der Waals surface area (Å²) in [5, 5.41) is 2.95. The largest absolute Gasteiger partial charge is 0.369 e. The number of hydrogen-bond acceptors (Lipinski definition) is 4. The molecule has 8 heteroatoms. The molecule has 7 nitrogen and oxygen atoms in total. The number of nitrogens with two attached hydrogens (primary N) is 2. The van der Waals surface area contributed by atoms with Crippen molar-refractivity contribution in [1.29, 1.82) is 0 Å². The molecule has 1 aromatic rings. The lowest BCUT2D eigenvalue weighted by Crippen LogP contribution is -2.24. The molecule has 0 heterocycles. The molecule has 108 valence electrons. The van der Waals surface area contributed by atoms with Gasteiger partial charge in [0.2, 0.25) is 5.96 Å². The van der Waals surface area contributed by atoms with E-state index in [1.807, 2.05) is 0 Å². The van der Waals surface area contributed by atoms with Gasteiger partial charge in [0.15, 0.2) is 5.78 Å². The highest BCUT2D eigenvalue weighted by molar-refractivity contribution is 7.90. The number of carbonyl (C=O) groups excluding carboxylic acids is 1. The van der Waals surface area contributed by atoms with Crippen molar-refractivity contribution in [2.24, 2.45) is 15.9 Å². The minimum atomic E-state index is -3.88. The second kappa shape index (κ2) is 6.20. The van der Waals surface area contributed by atoms with Gasteiger partial charge in [0.25, 0.3) is 10.0 Å². The number of guanidine groups is 1. The van der Waals surface area contributed by atoms with Crippen LogP contribution < -0.4 is 16.8 Å². The average Bonchev–Trinajstić information content (AvgIpc) is 2.26. The number of ketones is 1. The number of nitrogens with one attached hydrogen (secondary N) is 1. The zero-order valence-electron chi connectivity index (χ0n) is 11.1. The summed E-state index contributed by atoms with van der Waals surface area (Å²) in [5.41, 5.74) is 11.4. The van der Waals surface area contributed by atoms with Gasteiger partial charge in [-0.25, -0.2) is 0 Å². The van der Waals surface area contributed by atoms with E-state index >= 15 is 0 Å². The number of hydrogen-bond donors (Lipinski definition) is 3. The fraction of sp³-hybridized carbons (Fsp3) is 0.167. The molecular weight excluding hydrogens is 280 g/mol. The standard InChI is InChI=1S/C12H16N4O3S/c1-8(7-9(2)17)15-10-3-5-11(6-4-10)20(18,19)16-12(13)14/h3-7,15H,1-2H3,(H4,13,14,16)/b8-7+. The van der Waals surface area contributed by atoms with Gasteiger partial charge in [0, 0.05) is 11.4 Å². The molecule has 0 saturated carbocycles. The highest BCUT2D eigenvalue weighted by atomic mass is 32.2. The first-order valence-electron chi connectivity index (χ1n) is 5.62. The minimum Gasteiger partial charge on any atom is -0.369 e. The van der Waals surface area contributed by atoms with Gasteiger partial charge in [-0.2, -0.15) is 8.42 Å². The Labute approximate surface area is 117 Å². The Morgan fingerprint density at radius 1 is 1.20 bits per heavy atom. The summed E-state index contributed by atoms with van der Waals surface area (Å²) in [7, 11) is -3.88. The lowest BCUT2D eigenvalue weighted by molar-refractivity contribution is -0.112. The van der Waals surface area contributed by atoms with E-state index in [1.54, 1.807) is 19.1 Å². The van der Waals surface area contributed by atoms with E-state index in [0.29, 0.717) is 11.4 Å². The van der Waals surface area contributed by atoms with Gasteiger partial charge in [-0.15, -0.1) is 4.40 Å². The third kappa shape index (κ3) is 4.73. The van der Waals surface area contributed by atoms with Crippen molar-refractivity contribution in [1.82, 2.24) is 0 Å². The van der Waals surface area contributed by atoms with Gasteiger partial charge in [-0.05, 0) is 44.2 Å². The highest BCUT2D eigenvalue weighted by Crippen LogP contribution is 2.17. The average molecular weight is 296 g/mol. The van der Waals surface area contributed by atoms with Gasteiger partial charge in [-0.3, -0.25) is 4.79 Å². The van der Waals surface area contributed by atoms with E-state index in [9.17, 15) is 13.2 Å². The molecule has 0 bridgehead atoms. The number of sulfonamides is 1. The molecule has 0 aliphatic carbocycles. The Bertz CT molecular complexity index is 656. The summed E-state index contributed by atoms with van der Waals surface area (Å²) < 4.78 is 26.6. The maximum absolute atomic E-state index is 11.7. The molecule has 1 rings (SSSR count). The predicted molar refractivity (Wildman–Crippen MR) is 77.5 cm³/mol. The maximum Gasteiger partial charge on any atom is 0.285 e. The summed E-state index contributed by atoms with van der Waals surface area (Å²) in [6, 6.07) is 5.83. The highest BCUT2D eigenvalue weighted by Gasteiger charge is 2.12. The fourth-order valence-electron chi connectivity index (χ4n) is 1.47. The molecule has 1 aromatic carbocycles. The molecule has 0 amide bonds. The molecule has 0 aliphatic rings. The van der Waals surface area contributed by atoms with Gasteiger partial charge >= 0.3 is 0 Å². The van der Waals surface area contributed by atoms with Gasteiger partial charge in [0.1, 0.15) is 0 Å². The van der Waals surface area contributed by atoms with Crippen LogP contribution in [0.1, 0.15) is 13.8 Å². The van der Waals surface area contributed by atoms with Crippen LogP contribution in [0.5, 0.6) is 0 Å². The van der Waals surface area contributed by atoms with Crippen molar-refractivity contribution in [3.63, 3.8) is 0 Å². The zero-order valence-corrected chi connectivity index (χ0v) is 11.9. The van der Waals surface area contributed by atoms with E-state index in [2.05, 4.69) is 9.71 Å². The van der Waals surface area contributed by atoms with Crippen LogP contribution in [0.15, 0.2) is 45.3 Å². The van der Waals surface area contributed by atoms with Crippen LogP contribution in [0.3, 0.4) is 0 Å². The van der Waals surface area contributed by atoms with Gasteiger partial charge in [-0.1, -0.05) is 0 Å². The quantitative estimate of drug-likeness (QED) is 0.413. The van der Waals surface area contributed by atoms with Crippen LogP contribution in [0, 0.1) is 0 Å². The number of carbonyl (C=O) groups is 1. The Morgan fingerprint density at radius 3 is 2.20 bits per heavy atom. The molecule has 0 fully saturated rings. The Hall–Kier alpha value is -2.35. The van der Waals surface area contributed by atoms with Crippen molar-refractivity contribution in [2.45, 2.75) is 18.7 Å². The molecule has 5 N–H and O–H groups in total. The van der Waals surface area contributed by atoms with Crippen molar-refractivity contribution in [3.05, 3.63) is 36.0 Å². The van der Waals surface area contributed by atoms with Crippen LogP contribution in [0.25, 0.3) is 0 Å². The summed E-state index contributed by atoms with van der Waals surface area (Å²) in [4.78, 5) is 10.9. The molecule has 0 saturated heterocycles. The lowest BCUT2D eigenvalue weighted by atomic mass is 10.3. The number of allylic oxidation sites excluding steroid dienone is 2.